The fourth-order valence-corrected chi connectivity index (χ4v) is 5.37. The average Bonchev–Trinajstić information content (AvgIpc) is 3.12. The summed E-state index contributed by atoms with van der Waals surface area (Å²) in [6.07, 6.45) is 5.40. The molecule has 1 aromatic rings. The molecule has 1 N–H and O–H groups in total. The molecule has 1 aromatic carbocycles. The molecule has 1 atom stereocenters. The first-order valence-electron chi connectivity index (χ1n) is 9.69. The predicted octanol–water partition coefficient (Wildman–Crippen LogP) is 2.44. The second-order valence-corrected chi connectivity index (χ2v) is 9.74. The molecule has 2 aliphatic rings. The molecule has 27 heavy (non-hydrogen) atoms. The molecule has 1 aliphatic heterocycles. The van der Waals surface area contributed by atoms with E-state index in [4.69, 9.17) is 5.11 Å². The molecule has 7 heteroatoms. The van der Waals surface area contributed by atoms with Crippen LogP contribution in [0.2, 0.25) is 0 Å². The highest BCUT2D eigenvalue weighted by Crippen LogP contribution is 2.26. The molecule has 148 valence electrons. The molecule has 0 spiro atoms. The fourth-order valence-electron chi connectivity index (χ4n) is 4.09. The molecular weight excluding hydrogens is 366 g/mol. The van der Waals surface area contributed by atoms with Gasteiger partial charge in [0.2, 0.25) is 5.91 Å². The third-order valence-corrected chi connectivity index (χ3v) is 7.37. The number of piperidine rings is 1. The summed E-state index contributed by atoms with van der Waals surface area (Å²) in [5, 5.41) is 8.81. The molecule has 0 radical (unpaired) electrons. The molecule has 1 fully saturated rings. The monoisotopic (exact) mass is 393 g/mol. The molecular formula is C20H27NO5S. The summed E-state index contributed by atoms with van der Waals surface area (Å²) in [7, 11) is -3.48. The number of carboxylic acids is 1. The van der Waals surface area contributed by atoms with Crippen molar-refractivity contribution in [3.05, 3.63) is 29.3 Å². The Morgan fingerprint density at radius 3 is 2.67 bits per heavy atom. The summed E-state index contributed by atoms with van der Waals surface area (Å²) in [4.78, 5) is 25.2. The number of aliphatic carboxylic acids is 1. The van der Waals surface area contributed by atoms with Crippen LogP contribution in [0.1, 0.15) is 49.7 Å². The van der Waals surface area contributed by atoms with E-state index in [-0.39, 0.29) is 30.4 Å². The Hall–Kier alpha value is -1.89. The summed E-state index contributed by atoms with van der Waals surface area (Å²) in [6.45, 7) is 1.16. The Labute approximate surface area is 160 Å². The van der Waals surface area contributed by atoms with Crippen LogP contribution in [0.3, 0.4) is 0 Å². The van der Waals surface area contributed by atoms with Crippen molar-refractivity contribution in [3.63, 3.8) is 0 Å². The summed E-state index contributed by atoms with van der Waals surface area (Å²) in [6, 6.07) is 5.33. The van der Waals surface area contributed by atoms with Gasteiger partial charge in [0.25, 0.3) is 0 Å². The molecule has 0 saturated carbocycles. The lowest BCUT2D eigenvalue weighted by atomic mass is 9.93. The quantitative estimate of drug-likeness (QED) is 0.768. The van der Waals surface area contributed by atoms with Gasteiger partial charge in [-0.05, 0) is 67.7 Å². The van der Waals surface area contributed by atoms with Gasteiger partial charge in [0.05, 0.1) is 10.6 Å². The van der Waals surface area contributed by atoms with E-state index in [0.717, 1.165) is 37.7 Å². The molecule has 1 heterocycles. The standard InChI is InChI=1S/C20H27NO5S/c22-19(21-11-2-3-15(14-21)6-9-20(23)24)10-12-27(25,26)18-8-7-16-4-1-5-17(16)13-18/h7-8,13,15H,1-6,9-12,14H2,(H,23,24). The third-order valence-electron chi connectivity index (χ3n) is 5.65. The zero-order chi connectivity index (χ0) is 19.4. The Morgan fingerprint density at radius 1 is 1.11 bits per heavy atom. The highest BCUT2D eigenvalue weighted by atomic mass is 32.2. The van der Waals surface area contributed by atoms with Crippen molar-refractivity contribution < 1.29 is 23.1 Å². The van der Waals surface area contributed by atoms with Crippen LogP contribution in [0.15, 0.2) is 23.1 Å². The number of carbonyl (C=O) groups is 2. The lowest BCUT2D eigenvalue weighted by Crippen LogP contribution is -2.40. The van der Waals surface area contributed by atoms with E-state index in [1.54, 1.807) is 17.0 Å². The Bertz CT molecular complexity index is 818. The number of carboxylic acid groups (broad SMARTS) is 1. The Morgan fingerprint density at radius 2 is 1.89 bits per heavy atom. The van der Waals surface area contributed by atoms with Crippen molar-refractivity contribution in [2.24, 2.45) is 5.92 Å². The zero-order valence-electron chi connectivity index (χ0n) is 15.5. The number of aryl methyl sites for hydroxylation is 2. The topological polar surface area (TPSA) is 91.8 Å². The molecule has 3 rings (SSSR count). The lowest BCUT2D eigenvalue weighted by Gasteiger charge is -2.32. The van der Waals surface area contributed by atoms with Gasteiger partial charge in [-0.25, -0.2) is 8.42 Å². The summed E-state index contributed by atoms with van der Waals surface area (Å²) in [5.41, 5.74) is 2.34. The van der Waals surface area contributed by atoms with Gasteiger partial charge in [0.15, 0.2) is 9.84 Å². The Kier molecular flexibility index (Phi) is 6.19. The third kappa shape index (κ3) is 5.09. The van der Waals surface area contributed by atoms with Crippen molar-refractivity contribution in [1.82, 2.24) is 4.90 Å². The van der Waals surface area contributed by atoms with E-state index >= 15 is 0 Å². The normalized spacial score (nSPS) is 19.7. The molecule has 1 amide bonds. The van der Waals surface area contributed by atoms with Crippen LogP contribution in [0.25, 0.3) is 0 Å². The highest BCUT2D eigenvalue weighted by Gasteiger charge is 2.26. The molecule has 1 aliphatic carbocycles. The van der Waals surface area contributed by atoms with Gasteiger partial charge in [0, 0.05) is 25.9 Å². The molecule has 6 nitrogen and oxygen atoms in total. The van der Waals surface area contributed by atoms with Gasteiger partial charge in [-0.15, -0.1) is 0 Å². The van der Waals surface area contributed by atoms with E-state index in [2.05, 4.69) is 0 Å². The van der Waals surface area contributed by atoms with E-state index in [1.165, 1.54) is 5.56 Å². The van der Waals surface area contributed by atoms with Gasteiger partial charge in [-0.2, -0.15) is 0 Å². The van der Waals surface area contributed by atoms with Crippen molar-refractivity contribution in [2.45, 2.75) is 56.3 Å². The van der Waals surface area contributed by atoms with Crippen LogP contribution in [-0.4, -0.2) is 49.1 Å². The largest absolute Gasteiger partial charge is 0.481 e. The lowest BCUT2D eigenvalue weighted by molar-refractivity contribution is -0.137. The van der Waals surface area contributed by atoms with Crippen molar-refractivity contribution in [3.8, 4) is 0 Å². The number of rotatable bonds is 7. The number of nitrogens with zero attached hydrogens (tertiary/aromatic N) is 1. The summed E-state index contributed by atoms with van der Waals surface area (Å²) >= 11 is 0. The van der Waals surface area contributed by atoms with Crippen LogP contribution in [0.4, 0.5) is 0 Å². The maximum absolute atomic E-state index is 12.6. The van der Waals surface area contributed by atoms with Crippen LogP contribution in [0.5, 0.6) is 0 Å². The van der Waals surface area contributed by atoms with Crippen molar-refractivity contribution >= 4 is 21.7 Å². The number of carbonyl (C=O) groups excluding carboxylic acids is 1. The number of hydrogen-bond acceptors (Lipinski definition) is 4. The minimum absolute atomic E-state index is 0.0227. The molecule has 1 unspecified atom stereocenters. The van der Waals surface area contributed by atoms with Gasteiger partial charge in [-0.1, -0.05) is 6.07 Å². The first-order valence-corrected chi connectivity index (χ1v) is 11.3. The summed E-state index contributed by atoms with van der Waals surface area (Å²) in [5.74, 6) is -0.966. The molecule has 0 aromatic heterocycles. The van der Waals surface area contributed by atoms with Gasteiger partial charge in [0.1, 0.15) is 0 Å². The fraction of sp³-hybridized carbons (Fsp3) is 0.600. The van der Waals surface area contributed by atoms with Gasteiger partial charge < -0.3 is 10.0 Å². The summed E-state index contributed by atoms with van der Waals surface area (Å²) < 4.78 is 25.3. The first-order chi connectivity index (χ1) is 12.8. The number of amides is 1. The maximum atomic E-state index is 12.6. The van der Waals surface area contributed by atoms with Crippen molar-refractivity contribution in [2.75, 3.05) is 18.8 Å². The zero-order valence-corrected chi connectivity index (χ0v) is 16.3. The number of benzene rings is 1. The first kappa shape index (κ1) is 19.9. The van der Waals surface area contributed by atoms with Crippen LogP contribution < -0.4 is 0 Å². The van der Waals surface area contributed by atoms with Crippen LogP contribution >= 0.6 is 0 Å². The molecule has 1 saturated heterocycles. The molecule has 0 bridgehead atoms. The SMILES string of the molecule is O=C(O)CCC1CCCN(C(=O)CCS(=O)(=O)c2ccc3c(c2)CCC3)C1. The number of fused-ring (bicyclic) bond motifs is 1. The minimum atomic E-state index is -3.48. The maximum Gasteiger partial charge on any atom is 0.303 e. The highest BCUT2D eigenvalue weighted by molar-refractivity contribution is 7.91. The van der Waals surface area contributed by atoms with Crippen LogP contribution in [-0.2, 0) is 32.3 Å². The van der Waals surface area contributed by atoms with E-state index in [1.807, 2.05) is 6.07 Å². The van der Waals surface area contributed by atoms with Crippen LogP contribution in [0, 0.1) is 5.92 Å². The second-order valence-electron chi connectivity index (χ2n) is 7.63. The van der Waals surface area contributed by atoms with Gasteiger partial charge >= 0.3 is 5.97 Å². The van der Waals surface area contributed by atoms with Crippen molar-refractivity contribution in [1.29, 1.82) is 0 Å². The number of hydrogen-bond donors (Lipinski definition) is 1. The Balaban J connectivity index is 1.55. The van der Waals surface area contributed by atoms with E-state index in [0.29, 0.717) is 24.4 Å². The number of sulfone groups is 1. The van der Waals surface area contributed by atoms with Gasteiger partial charge in [-0.3, -0.25) is 9.59 Å². The minimum Gasteiger partial charge on any atom is -0.481 e. The van der Waals surface area contributed by atoms with E-state index < -0.39 is 15.8 Å². The second kappa shape index (κ2) is 8.42. The predicted molar refractivity (Wildman–Crippen MR) is 101 cm³/mol. The average molecular weight is 394 g/mol. The smallest absolute Gasteiger partial charge is 0.303 e. The van der Waals surface area contributed by atoms with E-state index in [9.17, 15) is 18.0 Å². The number of likely N-dealkylation sites (tertiary alicyclic amines) is 1.